The predicted octanol–water partition coefficient (Wildman–Crippen LogP) is 2.43. The number of ether oxygens (including phenoxy) is 2. The molecule has 6 nitrogen and oxygen atoms in total. The van der Waals surface area contributed by atoms with Crippen molar-refractivity contribution in [3.8, 4) is 11.1 Å². The zero-order chi connectivity index (χ0) is 15.2. The molecule has 0 amide bonds. The van der Waals surface area contributed by atoms with Crippen molar-refractivity contribution in [3.63, 3.8) is 0 Å². The number of aromatic amines is 1. The van der Waals surface area contributed by atoms with Gasteiger partial charge in [-0.3, -0.25) is 5.10 Å². The van der Waals surface area contributed by atoms with Gasteiger partial charge in [-0.25, -0.2) is 9.59 Å². The number of nitrogens with one attached hydrogen (secondary N) is 1. The van der Waals surface area contributed by atoms with Crippen molar-refractivity contribution in [2.75, 3.05) is 13.2 Å². The smallest absolute Gasteiger partial charge is 0.359 e. The second-order valence-electron chi connectivity index (χ2n) is 4.13. The summed E-state index contributed by atoms with van der Waals surface area (Å²) in [5, 5.41) is 6.49. The molecule has 0 aliphatic heterocycles. The van der Waals surface area contributed by atoms with Crippen LogP contribution in [0.15, 0.2) is 30.3 Å². The van der Waals surface area contributed by atoms with Crippen LogP contribution in [0.25, 0.3) is 11.1 Å². The zero-order valence-electron chi connectivity index (χ0n) is 11.9. The highest BCUT2D eigenvalue weighted by Crippen LogP contribution is 2.27. The van der Waals surface area contributed by atoms with Crippen LogP contribution in [-0.2, 0) is 9.47 Å². The average Bonchev–Trinajstić information content (AvgIpc) is 2.93. The number of benzene rings is 1. The van der Waals surface area contributed by atoms with Gasteiger partial charge in [-0.15, -0.1) is 0 Å². The molecule has 0 radical (unpaired) electrons. The molecular weight excluding hydrogens is 272 g/mol. The molecule has 0 bridgehead atoms. The highest BCUT2D eigenvalue weighted by atomic mass is 16.5. The molecule has 2 aromatic rings. The number of aromatic nitrogens is 2. The second-order valence-corrected chi connectivity index (χ2v) is 4.13. The van der Waals surface area contributed by atoms with Crippen LogP contribution in [0.4, 0.5) is 0 Å². The molecular formula is C15H16N2O4. The molecule has 2 rings (SSSR count). The minimum Gasteiger partial charge on any atom is -0.461 e. The Balaban J connectivity index is 2.53. The highest BCUT2D eigenvalue weighted by molar-refractivity contribution is 6.03. The van der Waals surface area contributed by atoms with Crippen molar-refractivity contribution in [1.82, 2.24) is 10.2 Å². The molecule has 110 valence electrons. The van der Waals surface area contributed by atoms with E-state index >= 15 is 0 Å². The molecule has 0 fully saturated rings. The fourth-order valence-electron chi connectivity index (χ4n) is 1.93. The minimum atomic E-state index is -0.580. The Bertz CT molecular complexity index is 599. The van der Waals surface area contributed by atoms with Gasteiger partial charge < -0.3 is 9.47 Å². The molecule has 1 N–H and O–H groups in total. The molecule has 1 aromatic carbocycles. The Labute approximate surface area is 122 Å². The van der Waals surface area contributed by atoms with Crippen LogP contribution >= 0.6 is 0 Å². The lowest BCUT2D eigenvalue weighted by Gasteiger charge is -2.05. The van der Waals surface area contributed by atoms with Gasteiger partial charge in [-0.2, -0.15) is 5.10 Å². The fourth-order valence-corrected chi connectivity index (χ4v) is 1.93. The summed E-state index contributed by atoms with van der Waals surface area (Å²) < 4.78 is 9.95. The first kappa shape index (κ1) is 14.8. The minimum absolute atomic E-state index is 0.0751. The lowest BCUT2D eigenvalue weighted by molar-refractivity contribution is 0.0513. The first-order chi connectivity index (χ1) is 10.2. The number of hydrogen-bond donors (Lipinski definition) is 1. The van der Waals surface area contributed by atoms with Crippen LogP contribution < -0.4 is 0 Å². The van der Waals surface area contributed by atoms with Crippen LogP contribution in [-0.4, -0.2) is 35.3 Å². The Morgan fingerprint density at radius 3 is 2.29 bits per heavy atom. The van der Waals surface area contributed by atoms with E-state index in [-0.39, 0.29) is 24.6 Å². The van der Waals surface area contributed by atoms with Crippen molar-refractivity contribution in [2.45, 2.75) is 13.8 Å². The van der Waals surface area contributed by atoms with Crippen molar-refractivity contribution < 1.29 is 19.1 Å². The molecule has 21 heavy (non-hydrogen) atoms. The van der Waals surface area contributed by atoms with Crippen LogP contribution in [0.5, 0.6) is 0 Å². The van der Waals surface area contributed by atoms with E-state index in [1.807, 2.05) is 18.2 Å². The molecule has 1 heterocycles. The summed E-state index contributed by atoms with van der Waals surface area (Å²) in [7, 11) is 0. The van der Waals surface area contributed by atoms with Gasteiger partial charge in [0.1, 0.15) is 0 Å². The van der Waals surface area contributed by atoms with E-state index in [9.17, 15) is 9.59 Å². The van der Waals surface area contributed by atoms with E-state index < -0.39 is 11.9 Å². The number of hydrogen-bond acceptors (Lipinski definition) is 5. The van der Waals surface area contributed by atoms with Crippen LogP contribution in [0.3, 0.4) is 0 Å². The maximum absolute atomic E-state index is 12.0. The van der Waals surface area contributed by atoms with Gasteiger partial charge in [0.25, 0.3) is 0 Å². The van der Waals surface area contributed by atoms with Crippen LogP contribution in [0, 0.1) is 0 Å². The van der Waals surface area contributed by atoms with E-state index in [1.54, 1.807) is 26.0 Å². The summed E-state index contributed by atoms with van der Waals surface area (Å²) in [6, 6.07) is 9.04. The normalized spacial score (nSPS) is 10.2. The Kier molecular flexibility index (Phi) is 4.71. The van der Waals surface area contributed by atoms with E-state index in [1.165, 1.54) is 0 Å². The van der Waals surface area contributed by atoms with Crippen molar-refractivity contribution >= 4 is 11.9 Å². The average molecular weight is 288 g/mol. The van der Waals surface area contributed by atoms with Gasteiger partial charge in [-0.1, -0.05) is 30.3 Å². The van der Waals surface area contributed by atoms with Gasteiger partial charge in [0.15, 0.2) is 11.4 Å². The van der Waals surface area contributed by atoms with E-state index in [2.05, 4.69) is 10.2 Å². The third kappa shape index (κ3) is 3.10. The van der Waals surface area contributed by atoms with Gasteiger partial charge in [0, 0.05) is 5.56 Å². The Morgan fingerprint density at radius 1 is 1.05 bits per heavy atom. The summed E-state index contributed by atoms with van der Waals surface area (Å²) in [6.07, 6.45) is 0. The number of nitrogens with zero attached hydrogens (tertiary/aromatic N) is 1. The third-order valence-electron chi connectivity index (χ3n) is 2.78. The first-order valence-corrected chi connectivity index (χ1v) is 6.67. The molecule has 0 aliphatic carbocycles. The largest absolute Gasteiger partial charge is 0.461 e. The molecule has 0 aliphatic rings. The molecule has 0 saturated heterocycles. The molecule has 0 atom stereocenters. The zero-order valence-corrected chi connectivity index (χ0v) is 11.9. The lowest BCUT2D eigenvalue weighted by atomic mass is 10.0. The maximum atomic E-state index is 12.0. The molecule has 1 aromatic heterocycles. The van der Waals surface area contributed by atoms with E-state index in [0.29, 0.717) is 11.1 Å². The van der Waals surface area contributed by atoms with Gasteiger partial charge >= 0.3 is 11.9 Å². The number of carbonyl (C=O) groups is 2. The topological polar surface area (TPSA) is 81.3 Å². The van der Waals surface area contributed by atoms with Crippen molar-refractivity contribution in [1.29, 1.82) is 0 Å². The summed E-state index contributed by atoms with van der Waals surface area (Å²) in [5.74, 6) is -1.14. The van der Waals surface area contributed by atoms with E-state index in [0.717, 1.165) is 0 Å². The molecule has 0 saturated carbocycles. The van der Waals surface area contributed by atoms with Crippen LogP contribution in [0.1, 0.15) is 34.8 Å². The Morgan fingerprint density at radius 2 is 1.67 bits per heavy atom. The van der Waals surface area contributed by atoms with Crippen molar-refractivity contribution in [3.05, 3.63) is 41.7 Å². The monoisotopic (exact) mass is 288 g/mol. The lowest BCUT2D eigenvalue weighted by Crippen LogP contribution is -2.09. The number of carbonyl (C=O) groups excluding carboxylic acids is 2. The molecule has 0 unspecified atom stereocenters. The third-order valence-corrected chi connectivity index (χ3v) is 2.78. The fraction of sp³-hybridized carbons (Fsp3) is 0.267. The second kappa shape index (κ2) is 6.69. The number of esters is 2. The quantitative estimate of drug-likeness (QED) is 0.854. The summed E-state index contributed by atoms with van der Waals surface area (Å²) in [5.41, 5.74) is 1.31. The summed E-state index contributed by atoms with van der Waals surface area (Å²) in [6.45, 7) is 3.89. The Hall–Kier alpha value is -2.63. The highest BCUT2D eigenvalue weighted by Gasteiger charge is 2.26. The molecule has 0 spiro atoms. The SMILES string of the molecule is CCOC(=O)c1n[nH]c(C(=O)OCC)c1-c1ccccc1. The number of rotatable bonds is 5. The number of H-pyrrole nitrogens is 1. The first-order valence-electron chi connectivity index (χ1n) is 6.67. The van der Waals surface area contributed by atoms with Gasteiger partial charge in [0.2, 0.25) is 0 Å². The van der Waals surface area contributed by atoms with E-state index in [4.69, 9.17) is 9.47 Å². The molecule has 6 heteroatoms. The standard InChI is InChI=1S/C15H16N2O4/c1-3-20-14(18)12-11(10-8-6-5-7-9-10)13(17-16-12)15(19)21-4-2/h5-9H,3-4H2,1-2H3,(H,16,17). The predicted molar refractivity (Wildman–Crippen MR) is 75.9 cm³/mol. The summed E-state index contributed by atoms with van der Waals surface area (Å²) >= 11 is 0. The van der Waals surface area contributed by atoms with Crippen LogP contribution in [0.2, 0.25) is 0 Å². The van der Waals surface area contributed by atoms with Gasteiger partial charge in [0.05, 0.1) is 13.2 Å². The van der Waals surface area contributed by atoms with Crippen molar-refractivity contribution in [2.24, 2.45) is 0 Å². The summed E-state index contributed by atoms with van der Waals surface area (Å²) in [4.78, 5) is 24.0. The van der Waals surface area contributed by atoms with Gasteiger partial charge in [-0.05, 0) is 19.4 Å². The maximum Gasteiger partial charge on any atom is 0.359 e.